The van der Waals surface area contributed by atoms with Gasteiger partial charge in [0.05, 0.1) is 22.6 Å². The lowest BCUT2D eigenvalue weighted by Gasteiger charge is -2.39. The van der Waals surface area contributed by atoms with Crippen molar-refractivity contribution in [1.29, 1.82) is 0 Å². The molecule has 0 unspecified atom stereocenters. The molecule has 0 radical (unpaired) electrons. The van der Waals surface area contributed by atoms with E-state index in [0.29, 0.717) is 24.5 Å². The number of halogens is 1. The van der Waals surface area contributed by atoms with Gasteiger partial charge in [-0.1, -0.05) is 17.7 Å². The third-order valence-corrected chi connectivity index (χ3v) is 8.09. The van der Waals surface area contributed by atoms with Gasteiger partial charge in [-0.3, -0.25) is 14.6 Å². The van der Waals surface area contributed by atoms with Crippen molar-refractivity contribution in [1.82, 2.24) is 19.8 Å². The molecule has 5 heterocycles. The fraction of sp³-hybridized carbons (Fsp3) is 0.360. The molecule has 5 rings (SSSR count). The molecule has 0 bridgehead atoms. The highest BCUT2D eigenvalue weighted by Gasteiger charge is 2.43. The maximum absolute atomic E-state index is 13.2. The van der Waals surface area contributed by atoms with Gasteiger partial charge < -0.3 is 14.5 Å². The molecule has 2 saturated heterocycles. The van der Waals surface area contributed by atoms with Gasteiger partial charge in [-0.25, -0.2) is 4.98 Å². The van der Waals surface area contributed by atoms with Gasteiger partial charge in [0.25, 0.3) is 11.8 Å². The minimum absolute atomic E-state index is 0.0657. The van der Waals surface area contributed by atoms with Gasteiger partial charge >= 0.3 is 0 Å². The molecule has 9 heteroatoms. The Labute approximate surface area is 207 Å². The highest BCUT2D eigenvalue weighted by molar-refractivity contribution is 7.17. The molecule has 2 fully saturated rings. The quantitative estimate of drug-likeness (QED) is 0.492. The Morgan fingerprint density at radius 3 is 2.50 bits per heavy atom. The Bertz CT molecular complexity index is 1210. The highest BCUT2D eigenvalue weighted by Crippen LogP contribution is 2.41. The van der Waals surface area contributed by atoms with Gasteiger partial charge in [0.1, 0.15) is 5.15 Å². The maximum Gasteiger partial charge on any atom is 0.263 e. The van der Waals surface area contributed by atoms with Crippen molar-refractivity contribution in [3.05, 3.63) is 64.3 Å². The van der Waals surface area contributed by atoms with Crippen molar-refractivity contribution >= 4 is 34.8 Å². The van der Waals surface area contributed by atoms with E-state index in [1.54, 1.807) is 18.3 Å². The van der Waals surface area contributed by atoms with Crippen molar-refractivity contribution in [2.24, 2.45) is 5.41 Å². The second-order valence-corrected chi connectivity index (χ2v) is 10.3. The van der Waals surface area contributed by atoms with Gasteiger partial charge in [0.15, 0.2) is 0 Å². The molecule has 2 aliphatic rings. The zero-order valence-corrected chi connectivity index (χ0v) is 20.4. The Morgan fingerprint density at radius 2 is 1.79 bits per heavy atom. The van der Waals surface area contributed by atoms with Crippen molar-refractivity contribution in [2.45, 2.75) is 19.3 Å². The van der Waals surface area contributed by atoms with Crippen LogP contribution >= 0.6 is 22.9 Å². The van der Waals surface area contributed by atoms with Crippen LogP contribution in [-0.2, 0) is 0 Å². The van der Waals surface area contributed by atoms with Crippen LogP contribution in [0.5, 0.6) is 5.88 Å². The molecule has 1 spiro atoms. The lowest BCUT2D eigenvalue weighted by Crippen LogP contribution is -2.44. The van der Waals surface area contributed by atoms with Crippen LogP contribution in [-0.4, -0.2) is 64.9 Å². The molecule has 2 aliphatic heterocycles. The summed E-state index contributed by atoms with van der Waals surface area (Å²) in [6, 6.07) is 12.9. The normalized spacial score (nSPS) is 17.2. The minimum Gasteiger partial charge on any atom is -0.481 e. The van der Waals surface area contributed by atoms with Gasteiger partial charge in [-0.15, -0.1) is 11.3 Å². The number of pyridine rings is 2. The minimum atomic E-state index is -0.0657. The number of piperidine rings is 1. The standard InChI is InChI=1S/C25H25ClN4O3S/c1-33-22-15-17(14-21(26)28-22)23(31)29-11-7-25(8-12-29)9-13-30(16-25)24(32)20-6-5-19(34-20)18-4-2-3-10-27-18/h2-6,10,14-15H,7-9,11-13,16H2,1H3. The molecule has 176 valence electrons. The van der Waals surface area contributed by atoms with Gasteiger partial charge in [0.2, 0.25) is 5.88 Å². The molecule has 0 aromatic carbocycles. The maximum atomic E-state index is 13.2. The number of ether oxygens (including phenoxy) is 1. The molecule has 34 heavy (non-hydrogen) atoms. The van der Waals surface area contributed by atoms with Crippen LogP contribution in [0.15, 0.2) is 48.7 Å². The lowest BCUT2D eigenvalue weighted by atomic mass is 9.77. The predicted molar refractivity (Wildman–Crippen MR) is 131 cm³/mol. The van der Waals surface area contributed by atoms with Crippen LogP contribution in [0.3, 0.4) is 0 Å². The monoisotopic (exact) mass is 496 g/mol. The van der Waals surface area contributed by atoms with Crippen LogP contribution in [0.4, 0.5) is 0 Å². The van der Waals surface area contributed by atoms with E-state index in [-0.39, 0.29) is 22.4 Å². The van der Waals surface area contributed by atoms with E-state index < -0.39 is 0 Å². The Balaban J connectivity index is 1.21. The first-order valence-electron chi connectivity index (χ1n) is 11.3. The van der Waals surface area contributed by atoms with Crippen LogP contribution in [0.25, 0.3) is 10.6 Å². The number of amides is 2. The van der Waals surface area contributed by atoms with Crippen LogP contribution in [0.1, 0.15) is 39.3 Å². The molecule has 2 amide bonds. The number of carbonyl (C=O) groups is 2. The van der Waals surface area contributed by atoms with E-state index in [9.17, 15) is 9.59 Å². The summed E-state index contributed by atoms with van der Waals surface area (Å²) in [5.74, 6) is 0.346. The molecule has 0 N–H and O–H groups in total. The van der Waals surface area contributed by atoms with E-state index >= 15 is 0 Å². The number of nitrogens with zero attached hydrogens (tertiary/aromatic N) is 4. The number of aromatic nitrogens is 2. The fourth-order valence-electron chi connectivity index (χ4n) is 4.84. The van der Waals surface area contributed by atoms with E-state index in [0.717, 1.165) is 47.8 Å². The van der Waals surface area contributed by atoms with E-state index in [1.807, 2.05) is 40.1 Å². The summed E-state index contributed by atoms with van der Waals surface area (Å²) >= 11 is 7.53. The molecular formula is C25H25ClN4O3S. The summed E-state index contributed by atoms with van der Waals surface area (Å²) in [5, 5.41) is 0.237. The average molecular weight is 497 g/mol. The SMILES string of the molecule is COc1cc(C(=O)N2CCC3(CC2)CCN(C(=O)c2ccc(-c4ccccn4)s2)C3)cc(Cl)n1. The third-order valence-electron chi connectivity index (χ3n) is 6.80. The molecule has 3 aromatic heterocycles. The number of thiophene rings is 1. The topological polar surface area (TPSA) is 75.6 Å². The highest BCUT2D eigenvalue weighted by atomic mass is 35.5. The van der Waals surface area contributed by atoms with E-state index in [1.165, 1.54) is 18.4 Å². The average Bonchev–Trinajstić information content (AvgIpc) is 3.52. The first-order valence-corrected chi connectivity index (χ1v) is 12.5. The van der Waals surface area contributed by atoms with Crippen LogP contribution < -0.4 is 4.74 Å². The van der Waals surface area contributed by atoms with Gasteiger partial charge in [-0.2, -0.15) is 0 Å². The van der Waals surface area contributed by atoms with E-state index in [4.69, 9.17) is 16.3 Å². The number of likely N-dealkylation sites (tertiary alicyclic amines) is 2. The number of rotatable bonds is 4. The zero-order valence-electron chi connectivity index (χ0n) is 18.9. The van der Waals surface area contributed by atoms with Crippen molar-refractivity contribution in [3.8, 4) is 16.5 Å². The van der Waals surface area contributed by atoms with Gasteiger partial charge in [0, 0.05) is 44.0 Å². The van der Waals surface area contributed by atoms with Crippen LogP contribution in [0, 0.1) is 5.41 Å². The summed E-state index contributed by atoms with van der Waals surface area (Å²) in [6.45, 7) is 2.80. The molecular weight excluding hydrogens is 472 g/mol. The largest absolute Gasteiger partial charge is 0.481 e. The molecule has 3 aromatic rings. The third kappa shape index (κ3) is 4.52. The number of hydrogen-bond acceptors (Lipinski definition) is 6. The molecule has 0 aliphatic carbocycles. The van der Waals surface area contributed by atoms with Crippen LogP contribution in [0.2, 0.25) is 5.15 Å². The van der Waals surface area contributed by atoms with Gasteiger partial charge in [-0.05, 0) is 55.0 Å². The first-order chi connectivity index (χ1) is 16.5. The summed E-state index contributed by atoms with van der Waals surface area (Å²) in [4.78, 5) is 40.2. The fourth-order valence-corrected chi connectivity index (χ4v) is 5.99. The van der Waals surface area contributed by atoms with Crippen molar-refractivity contribution in [3.63, 3.8) is 0 Å². The zero-order chi connectivity index (χ0) is 23.7. The Morgan fingerprint density at radius 1 is 1.03 bits per heavy atom. The summed E-state index contributed by atoms with van der Waals surface area (Å²) < 4.78 is 5.14. The lowest BCUT2D eigenvalue weighted by molar-refractivity contribution is 0.0566. The molecule has 0 atom stereocenters. The summed E-state index contributed by atoms with van der Waals surface area (Å²) in [5.41, 5.74) is 1.44. The first kappa shape index (κ1) is 22.8. The Kier molecular flexibility index (Phi) is 6.27. The number of carbonyl (C=O) groups excluding carboxylic acids is 2. The predicted octanol–water partition coefficient (Wildman–Crippen LogP) is 4.64. The summed E-state index contributed by atoms with van der Waals surface area (Å²) in [6.07, 6.45) is 4.48. The second-order valence-electron chi connectivity index (χ2n) is 8.87. The number of hydrogen-bond donors (Lipinski definition) is 0. The van der Waals surface area contributed by atoms with E-state index in [2.05, 4.69) is 9.97 Å². The smallest absolute Gasteiger partial charge is 0.263 e. The molecule has 0 saturated carbocycles. The van der Waals surface area contributed by atoms with Crippen molar-refractivity contribution < 1.29 is 14.3 Å². The second kappa shape index (κ2) is 9.35. The summed E-state index contributed by atoms with van der Waals surface area (Å²) in [7, 11) is 1.50. The van der Waals surface area contributed by atoms with Crippen molar-refractivity contribution in [2.75, 3.05) is 33.3 Å². The molecule has 7 nitrogen and oxygen atoms in total. The number of methoxy groups -OCH3 is 1. The Hall–Kier alpha value is -2.97.